The van der Waals surface area contributed by atoms with Gasteiger partial charge in [-0.2, -0.15) is 0 Å². The minimum absolute atomic E-state index is 0.241. The smallest absolute Gasteiger partial charge is 0.196 e. The van der Waals surface area contributed by atoms with Crippen molar-refractivity contribution in [3.8, 4) is 0 Å². The highest BCUT2D eigenvalue weighted by Crippen LogP contribution is 2.33. The molecule has 0 aromatic carbocycles. The molecular formula is C17H32N6. The number of nitrogens with one attached hydrogen (secondary N) is 1. The van der Waals surface area contributed by atoms with Crippen LogP contribution in [0.2, 0.25) is 0 Å². The lowest BCUT2D eigenvalue weighted by molar-refractivity contribution is 0.297. The lowest BCUT2D eigenvalue weighted by atomic mass is 9.86. The van der Waals surface area contributed by atoms with Gasteiger partial charge in [-0.15, -0.1) is 0 Å². The molecule has 0 spiro atoms. The molecule has 3 rings (SSSR count). The molecule has 3 heterocycles. The van der Waals surface area contributed by atoms with Crippen LogP contribution >= 0.6 is 0 Å². The predicted octanol–water partition coefficient (Wildman–Crippen LogP) is 0.720. The first-order valence-electron chi connectivity index (χ1n) is 8.71. The molecule has 3 unspecified atom stereocenters. The standard InChI is InChI=1S/C17H32N6/c1-16(2,3)5-6-17(19)7-14(20-15(18)21-17)23-10-12-8-22(4)9-13(12)11-23/h7,12-13H,5-6,8-11,19H2,1-4H3,(H3,18,20,21). The van der Waals surface area contributed by atoms with E-state index in [1.54, 1.807) is 0 Å². The fraction of sp³-hybridized carbons (Fsp3) is 0.824. The summed E-state index contributed by atoms with van der Waals surface area (Å²) in [5.41, 5.74) is 12.1. The predicted molar refractivity (Wildman–Crippen MR) is 94.5 cm³/mol. The average Bonchev–Trinajstić information content (AvgIpc) is 2.92. The van der Waals surface area contributed by atoms with Gasteiger partial charge in [-0.25, -0.2) is 4.99 Å². The van der Waals surface area contributed by atoms with Gasteiger partial charge in [-0.3, -0.25) is 0 Å². The van der Waals surface area contributed by atoms with Crippen molar-refractivity contribution in [3.63, 3.8) is 0 Å². The second-order valence-electron chi connectivity index (χ2n) is 8.85. The molecule has 6 heteroatoms. The van der Waals surface area contributed by atoms with Crippen molar-refractivity contribution in [2.75, 3.05) is 33.2 Å². The molecule has 6 nitrogen and oxygen atoms in total. The van der Waals surface area contributed by atoms with Gasteiger partial charge in [0.2, 0.25) is 0 Å². The van der Waals surface area contributed by atoms with Gasteiger partial charge in [0, 0.05) is 26.2 Å². The minimum Gasteiger partial charge on any atom is -0.370 e. The first-order valence-corrected chi connectivity index (χ1v) is 8.71. The normalized spacial score (nSPS) is 34.9. The van der Waals surface area contributed by atoms with Crippen LogP contribution < -0.4 is 16.8 Å². The van der Waals surface area contributed by atoms with Gasteiger partial charge in [-0.1, -0.05) is 20.8 Å². The van der Waals surface area contributed by atoms with Crippen LogP contribution in [0.25, 0.3) is 0 Å². The Bertz CT molecular complexity index is 506. The molecule has 0 aliphatic carbocycles. The first-order chi connectivity index (χ1) is 10.6. The zero-order valence-electron chi connectivity index (χ0n) is 15.0. The summed E-state index contributed by atoms with van der Waals surface area (Å²) < 4.78 is 0. The maximum absolute atomic E-state index is 6.53. The Morgan fingerprint density at radius 3 is 2.43 bits per heavy atom. The highest BCUT2D eigenvalue weighted by atomic mass is 15.3. The molecule has 3 aliphatic rings. The monoisotopic (exact) mass is 320 g/mol. The van der Waals surface area contributed by atoms with Crippen molar-refractivity contribution >= 4 is 5.96 Å². The van der Waals surface area contributed by atoms with Crippen LogP contribution in [0.15, 0.2) is 16.9 Å². The summed E-state index contributed by atoms with van der Waals surface area (Å²) in [7, 11) is 2.21. The van der Waals surface area contributed by atoms with Crippen LogP contribution in [0.1, 0.15) is 33.6 Å². The number of hydrogen-bond donors (Lipinski definition) is 3. The quantitative estimate of drug-likeness (QED) is 0.714. The molecule has 0 bridgehead atoms. The van der Waals surface area contributed by atoms with E-state index in [0.29, 0.717) is 5.96 Å². The third kappa shape index (κ3) is 3.80. The van der Waals surface area contributed by atoms with E-state index >= 15 is 0 Å². The van der Waals surface area contributed by atoms with E-state index in [4.69, 9.17) is 11.5 Å². The van der Waals surface area contributed by atoms with Gasteiger partial charge in [0.1, 0.15) is 11.5 Å². The molecule has 5 N–H and O–H groups in total. The number of hydrogen-bond acceptors (Lipinski definition) is 6. The molecule has 2 fully saturated rings. The van der Waals surface area contributed by atoms with Crippen molar-refractivity contribution in [1.82, 2.24) is 15.1 Å². The summed E-state index contributed by atoms with van der Waals surface area (Å²) >= 11 is 0. The van der Waals surface area contributed by atoms with Crippen LogP contribution in [-0.2, 0) is 0 Å². The third-order valence-corrected chi connectivity index (χ3v) is 5.26. The average molecular weight is 320 g/mol. The second-order valence-corrected chi connectivity index (χ2v) is 8.85. The Morgan fingerprint density at radius 2 is 1.87 bits per heavy atom. The minimum atomic E-state index is -0.688. The van der Waals surface area contributed by atoms with Crippen LogP contribution in [0.4, 0.5) is 0 Å². The first kappa shape index (κ1) is 16.6. The lowest BCUT2D eigenvalue weighted by Gasteiger charge is -2.34. The SMILES string of the molecule is CN1CC2CN(C3=CC(N)(CCC(C)(C)C)N=C(N)N3)CC2C1. The Kier molecular flexibility index (Phi) is 4.09. The summed E-state index contributed by atoms with van der Waals surface area (Å²) in [5, 5.41) is 3.23. The van der Waals surface area contributed by atoms with Crippen molar-refractivity contribution in [1.29, 1.82) is 0 Å². The Balaban J connectivity index is 1.70. The van der Waals surface area contributed by atoms with E-state index in [1.807, 2.05) is 0 Å². The van der Waals surface area contributed by atoms with E-state index < -0.39 is 5.66 Å². The van der Waals surface area contributed by atoms with Gasteiger partial charge in [0.15, 0.2) is 5.96 Å². The van der Waals surface area contributed by atoms with Crippen molar-refractivity contribution in [3.05, 3.63) is 11.9 Å². The Labute approximate surface area is 140 Å². The molecule has 130 valence electrons. The number of nitrogens with two attached hydrogens (primary N) is 2. The molecule has 0 amide bonds. The maximum atomic E-state index is 6.53. The van der Waals surface area contributed by atoms with E-state index in [1.165, 1.54) is 13.1 Å². The van der Waals surface area contributed by atoms with Crippen LogP contribution in [0.5, 0.6) is 0 Å². The summed E-state index contributed by atoms with van der Waals surface area (Å²) in [4.78, 5) is 9.31. The fourth-order valence-corrected chi connectivity index (χ4v) is 3.99. The molecular weight excluding hydrogens is 288 g/mol. The van der Waals surface area contributed by atoms with Gasteiger partial charge in [0.05, 0.1) is 0 Å². The summed E-state index contributed by atoms with van der Waals surface area (Å²) in [6, 6.07) is 0. The number of aliphatic imine (C=N–C) groups is 1. The summed E-state index contributed by atoms with van der Waals surface area (Å²) in [5.74, 6) is 2.99. The summed E-state index contributed by atoms with van der Waals surface area (Å²) in [6.45, 7) is 11.2. The molecule has 23 heavy (non-hydrogen) atoms. The van der Waals surface area contributed by atoms with E-state index in [0.717, 1.165) is 43.6 Å². The Morgan fingerprint density at radius 1 is 1.26 bits per heavy atom. The number of likely N-dealkylation sites (tertiary alicyclic amines) is 2. The topological polar surface area (TPSA) is 82.9 Å². The van der Waals surface area contributed by atoms with Crippen LogP contribution in [-0.4, -0.2) is 54.6 Å². The number of guanidine groups is 1. The van der Waals surface area contributed by atoms with Gasteiger partial charge in [-0.05, 0) is 43.2 Å². The van der Waals surface area contributed by atoms with Crippen LogP contribution in [0, 0.1) is 17.3 Å². The van der Waals surface area contributed by atoms with E-state index in [-0.39, 0.29) is 5.41 Å². The zero-order chi connectivity index (χ0) is 16.8. The number of nitrogens with zero attached hydrogens (tertiary/aromatic N) is 3. The zero-order valence-corrected chi connectivity index (χ0v) is 15.0. The second kappa shape index (κ2) is 5.67. The Hall–Kier alpha value is -1.27. The highest BCUT2D eigenvalue weighted by Gasteiger charge is 2.40. The highest BCUT2D eigenvalue weighted by molar-refractivity contribution is 5.81. The van der Waals surface area contributed by atoms with E-state index in [2.05, 4.69) is 54.0 Å². The number of fused-ring (bicyclic) bond motifs is 1. The maximum Gasteiger partial charge on any atom is 0.196 e. The van der Waals surface area contributed by atoms with Crippen molar-refractivity contribution < 1.29 is 0 Å². The van der Waals surface area contributed by atoms with Gasteiger partial charge >= 0.3 is 0 Å². The molecule has 0 saturated carbocycles. The van der Waals surface area contributed by atoms with Crippen molar-refractivity contribution in [2.24, 2.45) is 33.7 Å². The lowest BCUT2D eigenvalue weighted by Crippen LogP contribution is -2.50. The molecule has 0 radical (unpaired) electrons. The molecule has 0 aromatic heterocycles. The van der Waals surface area contributed by atoms with Crippen LogP contribution in [0.3, 0.4) is 0 Å². The molecule has 3 atom stereocenters. The molecule has 2 saturated heterocycles. The fourth-order valence-electron chi connectivity index (χ4n) is 3.99. The number of rotatable bonds is 3. The van der Waals surface area contributed by atoms with Gasteiger partial charge < -0.3 is 26.6 Å². The van der Waals surface area contributed by atoms with Gasteiger partial charge in [0.25, 0.3) is 0 Å². The third-order valence-electron chi connectivity index (χ3n) is 5.26. The van der Waals surface area contributed by atoms with Crippen molar-refractivity contribution in [2.45, 2.75) is 39.3 Å². The molecule has 3 aliphatic heterocycles. The molecule has 0 aromatic rings. The van der Waals surface area contributed by atoms with E-state index in [9.17, 15) is 0 Å². The summed E-state index contributed by atoms with van der Waals surface area (Å²) in [6.07, 6.45) is 3.91. The largest absolute Gasteiger partial charge is 0.370 e.